The Bertz CT molecular complexity index is 615. The molecule has 0 amide bonds. The molecule has 0 heterocycles. The van der Waals surface area contributed by atoms with Crippen LogP contribution in [-0.2, 0) is 6.54 Å². The Morgan fingerprint density at radius 3 is 2.60 bits per heavy atom. The van der Waals surface area contributed by atoms with E-state index in [0.29, 0.717) is 12.5 Å². The van der Waals surface area contributed by atoms with Gasteiger partial charge in [0.1, 0.15) is 5.82 Å². The first-order valence-corrected chi connectivity index (χ1v) is 6.99. The Balaban J connectivity index is 1.80. The Kier molecular flexibility index (Phi) is 3.62. The maximum atomic E-state index is 13.7. The largest absolute Gasteiger partial charge is 0.377 e. The molecule has 1 N–H and O–H groups in total. The van der Waals surface area contributed by atoms with Gasteiger partial charge in [-0.15, -0.1) is 0 Å². The first-order chi connectivity index (χ1) is 9.65. The summed E-state index contributed by atoms with van der Waals surface area (Å²) in [6.45, 7) is 0.481. The quantitative estimate of drug-likeness (QED) is 0.826. The van der Waals surface area contributed by atoms with Crippen LogP contribution in [0.4, 0.5) is 14.5 Å². The van der Waals surface area contributed by atoms with Crippen molar-refractivity contribution in [3.8, 4) is 0 Å². The van der Waals surface area contributed by atoms with Crippen LogP contribution in [0.5, 0.6) is 0 Å². The second kappa shape index (κ2) is 5.41. The Labute approximate surface area is 121 Å². The zero-order valence-corrected chi connectivity index (χ0v) is 11.6. The molecule has 0 radical (unpaired) electrons. The third-order valence-corrected chi connectivity index (χ3v) is 3.83. The molecule has 1 aliphatic rings. The van der Waals surface area contributed by atoms with Gasteiger partial charge in [0.2, 0.25) is 0 Å². The number of anilines is 1. The predicted molar refractivity (Wildman–Crippen MR) is 77.1 cm³/mol. The second-order valence-electron chi connectivity index (χ2n) is 5.07. The van der Waals surface area contributed by atoms with Gasteiger partial charge in [0, 0.05) is 12.6 Å². The average molecular weight is 294 g/mol. The van der Waals surface area contributed by atoms with Crippen LogP contribution in [0.25, 0.3) is 0 Å². The molecule has 1 nitrogen and oxygen atoms in total. The molecule has 0 aliphatic heterocycles. The maximum Gasteiger partial charge on any atom is 0.150 e. The first kappa shape index (κ1) is 13.4. The van der Waals surface area contributed by atoms with Gasteiger partial charge >= 0.3 is 0 Å². The first-order valence-electron chi connectivity index (χ1n) is 6.61. The minimum atomic E-state index is -0.670. The molecule has 104 valence electrons. The van der Waals surface area contributed by atoms with E-state index in [-0.39, 0.29) is 10.7 Å². The lowest BCUT2D eigenvalue weighted by atomic mass is 10.0. The number of benzene rings is 2. The van der Waals surface area contributed by atoms with E-state index in [0.717, 1.165) is 17.7 Å². The second-order valence-corrected chi connectivity index (χ2v) is 5.48. The van der Waals surface area contributed by atoms with E-state index in [4.69, 9.17) is 11.6 Å². The summed E-state index contributed by atoms with van der Waals surface area (Å²) in [4.78, 5) is 0. The van der Waals surface area contributed by atoms with Crippen LogP contribution in [0.1, 0.15) is 29.9 Å². The van der Waals surface area contributed by atoms with Gasteiger partial charge in [-0.1, -0.05) is 35.9 Å². The van der Waals surface area contributed by atoms with Gasteiger partial charge in [0.25, 0.3) is 0 Å². The smallest absolute Gasteiger partial charge is 0.150 e. The zero-order valence-electron chi connectivity index (χ0n) is 10.8. The van der Waals surface area contributed by atoms with Gasteiger partial charge in [-0.05, 0) is 36.0 Å². The monoisotopic (exact) mass is 293 g/mol. The van der Waals surface area contributed by atoms with E-state index in [1.807, 2.05) is 18.2 Å². The van der Waals surface area contributed by atoms with Crippen molar-refractivity contribution in [1.82, 2.24) is 0 Å². The molecule has 20 heavy (non-hydrogen) atoms. The summed E-state index contributed by atoms with van der Waals surface area (Å²) in [5.41, 5.74) is 2.59. The Morgan fingerprint density at radius 1 is 1.15 bits per heavy atom. The van der Waals surface area contributed by atoms with Gasteiger partial charge in [-0.3, -0.25) is 0 Å². The predicted octanol–water partition coefficient (Wildman–Crippen LogP) is 5.11. The van der Waals surface area contributed by atoms with Gasteiger partial charge < -0.3 is 5.32 Å². The van der Waals surface area contributed by atoms with Gasteiger partial charge in [-0.25, -0.2) is 8.78 Å². The van der Waals surface area contributed by atoms with E-state index in [9.17, 15) is 8.78 Å². The minimum absolute atomic E-state index is 0.0615. The van der Waals surface area contributed by atoms with Crippen molar-refractivity contribution in [2.24, 2.45) is 0 Å². The van der Waals surface area contributed by atoms with Crippen molar-refractivity contribution >= 4 is 17.3 Å². The van der Waals surface area contributed by atoms with Crippen LogP contribution in [0.2, 0.25) is 5.02 Å². The van der Waals surface area contributed by atoms with E-state index in [2.05, 4.69) is 11.4 Å². The van der Waals surface area contributed by atoms with Crippen molar-refractivity contribution in [3.05, 3.63) is 64.2 Å². The summed E-state index contributed by atoms with van der Waals surface area (Å²) in [5, 5.41) is 3.04. The molecule has 3 rings (SSSR count). The third-order valence-electron chi connectivity index (χ3n) is 3.53. The lowest BCUT2D eigenvalue weighted by Crippen LogP contribution is -2.05. The summed E-state index contributed by atoms with van der Waals surface area (Å²) in [7, 11) is 0. The van der Waals surface area contributed by atoms with E-state index in [1.165, 1.54) is 18.4 Å². The highest BCUT2D eigenvalue weighted by Gasteiger charge is 2.25. The lowest BCUT2D eigenvalue weighted by molar-refractivity contribution is 0.585. The molecule has 2 aromatic carbocycles. The zero-order chi connectivity index (χ0) is 14.1. The lowest BCUT2D eigenvalue weighted by Gasteiger charge is -2.13. The molecule has 4 heteroatoms. The SMILES string of the molecule is Fc1cc(F)c(NCc2ccccc2C2CC2)c(Cl)c1. The fraction of sp³-hybridized carbons (Fsp3) is 0.250. The molecule has 0 saturated heterocycles. The van der Waals surface area contributed by atoms with E-state index >= 15 is 0 Å². The molecular weight excluding hydrogens is 280 g/mol. The highest BCUT2D eigenvalue weighted by molar-refractivity contribution is 6.33. The molecule has 1 aliphatic carbocycles. The average Bonchev–Trinajstić information content (AvgIpc) is 3.22. The summed E-state index contributed by atoms with van der Waals surface area (Å²) < 4.78 is 26.7. The fourth-order valence-corrected chi connectivity index (χ4v) is 2.64. The Morgan fingerprint density at radius 2 is 1.90 bits per heavy atom. The molecular formula is C16H14ClF2N. The molecule has 1 saturated carbocycles. The highest BCUT2D eigenvalue weighted by Crippen LogP contribution is 2.41. The van der Waals surface area contributed by atoms with Crippen LogP contribution in [-0.4, -0.2) is 0 Å². The molecule has 0 unspecified atom stereocenters. The van der Waals surface area contributed by atoms with E-state index in [1.54, 1.807) is 0 Å². The molecule has 1 fully saturated rings. The standard InChI is InChI=1S/C16H14ClF2N/c17-14-7-12(18)8-15(19)16(14)20-9-11-3-1-2-4-13(11)10-5-6-10/h1-4,7-8,10,20H,5-6,9H2. The molecule has 0 atom stereocenters. The summed E-state index contributed by atoms with van der Waals surface area (Å²) in [6.07, 6.45) is 2.42. The summed E-state index contributed by atoms with van der Waals surface area (Å²) >= 11 is 5.87. The van der Waals surface area contributed by atoms with Crippen LogP contribution in [0.15, 0.2) is 36.4 Å². The number of hydrogen-bond donors (Lipinski definition) is 1. The van der Waals surface area contributed by atoms with Crippen molar-refractivity contribution in [2.75, 3.05) is 5.32 Å². The Hall–Kier alpha value is -1.61. The third kappa shape index (κ3) is 2.78. The van der Waals surface area contributed by atoms with Crippen molar-refractivity contribution in [1.29, 1.82) is 0 Å². The maximum absolute atomic E-state index is 13.7. The van der Waals surface area contributed by atoms with Gasteiger partial charge in [-0.2, -0.15) is 0 Å². The van der Waals surface area contributed by atoms with Crippen LogP contribution in [0, 0.1) is 11.6 Å². The molecule has 0 aromatic heterocycles. The number of rotatable bonds is 4. The number of halogens is 3. The van der Waals surface area contributed by atoms with Gasteiger partial charge in [0.15, 0.2) is 5.82 Å². The molecule has 0 spiro atoms. The fourth-order valence-electron chi connectivity index (χ4n) is 2.38. The van der Waals surface area contributed by atoms with Crippen LogP contribution >= 0.6 is 11.6 Å². The summed E-state index contributed by atoms with van der Waals surface area (Å²) in [5.74, 6) is -0.711. The molecule has 0 bridgehead atoms. The number of hydrogen-bond acceptors (Lipinski definition) is 1. The van der Waals surface area contributed by atoms with E-state index < -0.39 is 11.6 Å². The van der Waals surface area contributed by atoms with Crippen molar-refractivity contribution in [3.63, 3.8) is 0 Å². The van der Waals surface area contributed by atoms with Gasteiger partial charge in [0.05, 0.1) is 10.7 Å². The van der Waals surface area contributed by atoms with Crippen molar-refractivity contribution < 1.29 is 8.78 Å². The highest BCUT2D eigenvalue weighted by atomic mass is 35.5. The van der Waals surface area contributed by atoms with Crippen LogP contribution < -0.4 is 5.32 Å². The summed E-state index contributed by atoms with van der Waals surface area (Å²) in [6, 6.07) is 10.1. The number of nitrogens with one attached hydrogen (secondary N) is 1. The topological polar surface area (TPSA) is 12.0 Å². The molecule has 2 aromatic rings. The normalized spacial score (nSPS) is 14.3. The minimum Gasteiger partial charge on any atom is -0.377 e. The van der Waals surface area contributed by atoms with Crippen LogP contribution in [0.3, 0.4) is 0 Å². The van der Waals surface area contributed by atoms with Crippen molar-refractivity contribution in [2.45, 2.75) is 25.3 Å².